The van der Waals surface area contributed by atoms with Crippen LogP contribution in [0, 0.1) is 46.9 Å². The van der Waals surface area contributed by atoms with Gasteiger partial charge in [0.2, 0.25) is 0 Å². The van der Waals surface area contributed by atoms with Gasteiger partial charge in [0.1, 0.15) is 0 Å². The molecule has 0 aromatic rings. The average molecular weight is 413 g/mol. The number of hydrogen-bond donors (Lipinski definition) is 3. The third kappa shape index (κ3) is 39.7. The van der Waals surface area contributed by atoms with Crippen molar-refractivity contribution in [2.24, 2.45) is 0 Å². The van der Waals surface area contributed by atoms with Gasteiger partial charge in [0, 0.05) is 79.6 Å². The monoisotopic (exact) mass is 415 g/mol. The van der Waals surface area contributed by atoms with Crippen molar-refractivity contribution in [2.75, 3.05) is 0 Å². The first-order valence-electron chi connectivity index (χ1n) is 0.775. The van der Waals surface area contributed by atoms with E-state index in [0.29, 0.717) is 0 Å². The maximum absolute atomic E-state index is 7.17. The van der Waals surface area contributed by atoms with E-state index < -0.39 is 7.32 Å². The zero-order chi connectivity index (χ0) is 3.58. The van der Waals surface area contributed by atoms with Gasteiger partial charge in [-0.15, -0.1) is 0 Å². The van der Waals surface area contributed by atoms with E-state index in [-0.39, 0.29) is 128 Å². The molecule has 0 saturated heterocycles. The molecule has 0 aliphatic rings. The molecule has 1 radical (unpaired) electrons. The summed E-state index contributed by atoms with van der Waals surface area (Å²) in [6.45, 7) is 0. The van der Waals surface area contributed by atoms with Crippen molar-refractivity contribution in [2.45, 2.75) is 0 Å². The minimum atomic E-state index is -2.17. The Kier molecular flexibility index (Phi) is 53.1. The zero-order valence-electron chi connectivity index (χ0n) is 5.47. The zero-order valence-corrected chi connectivity index (χ0v) is 11.5. The molecule has 0 aliphatic heterocycles. The van der Waals surface area contributed by atoms with E-state index in [1.807, 2.05) is 0 Å². The van der Waals surface area contributed by atoms with Crippen molar-refractivity contribution in [3.05, 3.63) is 0 Å². The van der Waals surface area contributed by atoms with Crippen LogP contribution in [-0.4, -0.2) is 67.9 Å². The minimum Gasteiger partial charge on any atom is -1.00 e. The van der Waals surface area contributed by atoms with E-state index in [0.717, 1.165) is 0 Å². The molecule has 7 heteroatoms. The molecule has 0 rings (SSSR count). The Bertz CT molecular complexity index is 26.5. The number of rotatable bonds is 0. The Hall–Kier alpha value is 4.05. The van der Waals surface area contributed by atoms with Crippen molar-refractivity contribution in [1.29, 1.82) is 0 Å². The minimum absolute atomic E-state index is 0. The average Bonchev–Trinajstić information content (AvgIpc) is 0.811. The van der Waals surface area contributed by atoms with Gasteiger partial charge in [0.15, 0.2) is 0 Å². The summed E-state index contributed by atoms with van der Waals surface area (Å²) in [4.78, 5) is 0. The first-order chi connectivity index (χ1) is 1.73. The molecule has 45 valence electrons. The van der Waals surface area contributed by atoms with Crippen molar-refractivity contribution in [3.8, 4) is 0 Å². The summed E-state index contributed by atoms with van der Waals surface area (Å²) < 4.78 is 0. The van der Waals surface area contributed by atoms with E-state index in [4.69, 9.17) is 15.1 Å². The Labute approximate surface area is 146 Å². The molecule has 0 fully saturated rings. The van der Waals surface area contributed by atoms with Crippen LogP contribution in [0.1, 0.15) is 2.85 Å². The van der Waals surface area contributed by atoms with Gasteiger partial charge in [-0.2, -0.15) is 0 Å². The molecular weight excluding hydrogens is 408 g/mol. The first kappa shape index (κ1) is 22.5. The summed E-state index contributed by atoms with van der Waals surface area (Å²) in [5, 5.41) is 21.5. The molecule has 7 heavy (non-hydrogen) atoms. The summed E-state index contributed by atoms with van der Waals surface area (Å²) in [6.07, 6.45) is 0. The van der Waals surface area contributed by atoms with Crippen molar-refractivity contribution in [1.82, 2.24) is 0 Å². The van der Waals surface area contributed by atoms with E-state index >= 15 is 0 Å². The second-order valence-corrected chi connectivity index (χ2v) is 0.346. The third-order valence-corrected chi connectivity index (χ3v) is 0. The van der Waals surface area contributed by atoms with Gasteiger partial charge >= 0.3 is 52.8 Å². The molecule has 0 bridgehead atoms. The number of hydrogen-bond acceptors (Lipinski definition) is 3. The molecular formula is H5BO3SrYYb. The van der Waals surface area contributed by atoms with Crippen LogP contribution < -0.4 is 0 Å². The SMILES string of the molecule is OB(O)O.[H-].[H-].[Sr+2].[Y].[Yb]. The van der Waals surface area contributed by atoms with E-state index in [9.17, 15) is 0 Å². The largest absolute Gasteiger partial charge is 2.00 e. The summed E-state index contributed by atoms with van der Waals surface area (Å²) in [5.74, 6) is 0. The molecule has 0 spiro atoms. The Balaban J connectivity index is -0.00000000450. The fourth-order valence-corrected chi connectivity index (χ4v) is 0. The summed E-state index contributed by atoms with van der Waals surface area (Å²) in [7, 11) is -2.17. The summed E-state index contributed by atoms with van der Waals surface area (Å²) in [5.41, 5.74) is 0. The molecule has 3 nitrogen and oxygen atoms in total. The van der Waals surface area contributed by atoms with E-state index in [2.05, 4.69) is 0 Å². The van der Waals surface area contributed by atoms with Crippen LogP contribution in [0.3, 0.4) is 0 Å². The fourth-order valence-electron chi connectivity index (χ4n) is 0. The Morgan fingerprint density at radius 1 is 1.14 bits per heavy atom. The molecule has 0 aromatic heterocycles. The summed E-state index contributed by atoms with van der Waals surface area (Å²) >= 11 is 0. The van der Waals surface area contributed by atoms with E-state index in [1.165, 1.54) is 0 Å². The fraction of sp³-hybridized carbons (Fsp3) is 0. The molecule has 0 amide bonds. The topological polar surface area (TPSA) is 60.7 Å². The van der Waals surface area contributed by atoms with Crippen LogP contribution >= 0.6 is 0 Å². The van der Waals surface area contributed by atoms with Crippen LogP contribution in [0.5, 0.6) is 0 Å². The molecule has 0 atom stereocenters. The predicted molar refractivity (Wildman–Crippen MR) is 20.4 cm³/mol. The predicted octanol–water partition coefficient (Wildman–Crippen LogP) is -2.21. The molecule has 0 heterocycles. The quantitative estimate of drug-likeness (QED) is 0.395. The van der Waals surface area contributed by atoms with Gasteiger partial charge in [-0.3, -0.25) is 0 Å². The van der Waals surface area contributed by atoms with Crippen LogP contribution in [-0.2, 0) is 32.7 Å². The van der Waals surface area contributed by atoms with Gasteiger partial charge in [0.25, 0.3) is 0 Å². The second-order valence-electron chi connectivity index (χ2n) is 0.346. The standard InChI is InChI=1S/BH3O3.Sr.Y.Yb.2H/c2-1(3)4;;;;;/h2-4H;;;;;/q;+2;;;2*-1. The van der Waals surface area contributed by atoms with Gasteiger partial charge in [-0.05, 0) is 0 Å². The molecule has 0 saturated carbocycles. The van der Waals surface area contributed by atoms with Gasteiger partial charge in [-0.25, -0.2) is 0 Å². The van der Waals surface area contributed by atoms with Gasteiger partial charge < -0.3 is 17.9 Å². The van der Waals surface area contributed by atoms with Crippen LogP contribution in [0.4, 0.5) is 0 Å². The Morgan fingerprint density at radius 3 is 1.14 bits per heavy atom. The van der Waals surface area contributed by atoms with Gasteiger partial charge in [0.05, 0.1) is 0 Å². The van der Waals surface area contributed by atoms with Crippen LogP contribution in [0.25, 0.3) is 0 Å². The molecule has 0 unspecified atom stereocenters. The van der Waals surface area contributed by atoms with Crippen molar-refractivity contribution in [3.63, 3.8) is 0 Å². The normalized spacial score (nSPS) is 3.86. The molecule has 0 aromatic carbocycles. The summed E-state index contributed by atoms with van der Waals surface area (Å²) in [6, 6.07) is 0. The van der Waals surface area contributed by atoms with Crippen molar-refractivity contribution < 1.29 is 97.6 Å². The first-order valence-corrected chi connectivity index (χ1v) is 0.775. The molecule has 0 aliphatic carbocycles. The second kappa shape index (κ2) is 16.6. The maximum Gasteiger partial charge on any atom is 2.00 e. The van der Waals surface area contributed by atoms with E-state index in [1.54, 1.807) is 0 Å². The smallest absolute Gasteiger partial charge is 1.00 e. The van der Waals surface area contributed by atoms with Gasteiger partial charge in [-0.1, -0.05) is 0 Å². The maximum atomic E-state index is 7.17. The van der Waals surface area contributed by atoms with Crippen LogP contribution in [0.2, 0.25) is 0 Å². The van der Waals surface area contributed by atoms with Crippen molar-refractivity contribution >= 4 is 52.8 Å². The Morgan fingerprint density at radius 2 is 1.14 bits per heavy atom. The molecule has 3 N–H and O–H groups in total. The third-order valence-electron chi connectivity index (χ3n) is 0. The van der Waals surface area contributed by atoms with Crippen LogP contribution in [0.15, 0.2) is 0 Å².